The van der Waals surface area contributed by atoms with E-state index in [9.17, 15) is 13.6 Å². The van der Waals surface area contributed by atoms with Crippen molar-refractivity contribution in [3.63, 3.8) is 0 Å². The lowest BCUT2D eigenvalue weighted by molar-refractivity contribution is 0.0286. The van der Waals surface area contributed by atoms with Gasteiger partial charge in [-0.15, -0.1) is 10.2 Å². The summed E-state index contributed by atoms with van der Waals surface area (Å²) in [6.45, 7) is 1.59. The van der Waals surface area contributed by atoms with E-state index in [1.165, 1.54) is 4.90 Å². The van der Waals surface area contributed by atoms with Gasteiger partial charge in [-0.2, -0.15) is 0 Å². The lowest BCUT2D eigenvalue weighted by Crippen LogP contribution is -2.62. The van der Waals surface area contributed by atoms with Crippen molar-refractivity contribution in [2.24, 2.45) is 5.41 Å². The number of anilines is 1. The fourth-order valence-corrected chi connectivity index (χ4v) is 5.97. The summed E-state index contributed by atoms with van der Waals surface area (Å²) in [5.74, 6) is 2.36. The second-order valence-corrected chi connectivity index (χ2v) is 10.6. The largest absolute Gasteiger partial charge is 0.440 e. The summed E-state index contributed by atoms with van der Waals surface area (Å²) in [7, 11) is 0. The number of hydrogen-bond acceptors (Lipinski definition) is 7. The van der Waals surface area contributed by atoms with Gasteiger partial charge < -0.3 is 9.64 Å². The Morgan fingerprint density at radius 3 is 2.57 bits per heavy atom. The number of rotatable bonds is 5. The van der Waals surface area contributed by atoms with Crippen LogP contribution in [0.4, 0.5) is 19.5 Å². The summed E-state index contributed by atoms with van der Waals surface area (Å²) in [4.78, 5) is 25.2. The van der Waals surface area contributed by atoms with Gasteiger partial charge in [-0.25, -0.2) is 23.5 Å². The molecule has 1 atom stereocenters. The number of fused-ring (bicyclic) bond motifs is 3. The van der Waals surface area contributed by atoms with Gasteiger partial charge in [-0.1, -0.05) is 11.6 Å². The number of nitrogens with zero attached hydrogens (tertiary/aromatic N) is 7. The van der Waals surface area contributed by atoms with E-state index >= 15 is 0 Å². The topological polar surface area (TPSA) is 89.3 Å². The molecule has 1 saturated carbocycles. The molecule has 1 amide bonds. The van der Waals surface area contributed by atoms with E-state index in [1.807, 2.05) is 23.6 Å². The van der Waals surface area contributed by atoms with Crippen LogP contribution in [-0.2, 0) is 11.3 Å². The van der Waals surface area contributed by atoms with Crippen LogP contribution in [-0.4, -0.2) is 68.3 Å². The van der Waals surface area contributed by atoms with Crippen molar-refractivity contribution in [3.05, 3.63) is 58.9 Å². The molecule has 1 spiro atoms. The summed E-state index contributed by atoms with van der Waals surface area (Å²) < 4.78 is 33.2. The quantitative estimate of drug-likeness (QED) is 0.483. The van der Waals surface area contributed by atoms with E-state index in [4.69, 9.17) is 16.3 Å². The third-order valence-electron chi connectivity index (χ3n) is 7.64. The van der Waals surface area contributed by atoms with Crippen molar-refractivity contribution in [1.82, 2.24) is 29.6 Å². The van der Waals surface area contributed by atoms with E-state index in [1.54, 1.807) is 24.5 Å². The second-order valence-electron chi connectivity index (χ2n) is 10.2. The lowest BCUT2D eigenvalue weighted by atomic mass is 9.57. The number of halogens is 3. The summed E-state index contributed by atoms with van der Waals surface area (Å²) in [5.41, 5.74) is 1.82. The first-order valence-corrected chi connectivity index (χ1v) is 12.6. The Morgan fingerprint density at radius 1 is 1.16 bits per heavy atom. The Morgan fingerprint density at radius 2 is 1.86 bits per heavy atom. The Kier molecular flexibility index (Phi) is 5.97. The van der Waals surface area contributed by atoms with Crippen molar-refractivity contribution >= 4 is 23.6 Å². The van der Waals surface area contributed by atoms with Crippen LogP contribution in [0.1, 0.15) is 48.9 Å². The maximum Gasteiger partial charge on any atom is 0.411 e. The van der Waals surface area contributed by atoms with Gasteiger partial charge in [0.2, 0.25) is 5.95 Å². The molecular weight excluding hydrogens is 504 g/mol. The molecule has 2 aliphatic heterocycles. The molecule has 6 rings (SSSR count). The highest BCUT2D eigenvalue weighted by atomic mass is 35.5. The molecule has 1 saturated heterocycles. The summed E-state index contributed by atoms with van der Waals surface area (Å²) in [5, 5.41) is 9.56. The molecule has 0 N–H and O–H groups in total. The van der Waals surface area contributed by atoms with Crippen molar-refractivity contribution in [1.29, 1.82) is 0 Å². The first-order chi connectivity index (χ1) is 17.9. The van der Waals surface area contributed by atoms with E-state index in [0.717, 1.165) is 49.0 Å². The van der Waals surface area contributed by atoms with E-state index < -0.39 is 31.6 Å². The number of hydrogen-bond donors (Lipinski definition) is 0. The molecule has 194 valence electrons. The van der Waals surface area contributed by atoms with E-state index in [2.05, 4.69) is 25.1 Å². The minimum atomic E-state index is -1.44. The average Bonchev–Trinajstić information content (AvgIpc) is 3.24. The molecule has 3 aliphatic rings. The summed E-state index contributed by atoms with van der Waals surface area (Å²) >= 11 is 6.30. The van der Waals surface area contributed by atoms with Crippen LogP contribution in [0.3, 0.4) is 0 Å². The summed E-state index contributed by atoms with van der Waals surface area (Å²) in [6, 6.07) is 6.75. The number of alkyl halides is 2. The average molecular weight is 530 g/mol. The van der Waals surface area contributed by atoms with Crippen LogP contribution in [0.25, 0.3) is 5.69 Å². The van der Waals surface area contributed by atoms with Crippen LogP contribution in [0.5, 0.6) is 0 Å². The Hall–Kier alpha value is -3.34. The smallest absolute Gasteiger partial charge is 0.411 e. The van der Waals surface area contributed by atoms with E-state index in [0.29, 0.717) is 10.8 Å². The third-order valence-corrected chi connectivity index (χ3v) is 7.87. The number of aromatic nitrogens is 5. The van der Waals surface area contributed by atoms with Crippen LogP contribution < -0.4 is 4.90 Å². The minimum absolute atomic E-state index is 0.157. The predicted molar refractivity (Wildman–Crippen MR) is 131 cm³/mol. The third kappa shape index (κ3) is 4.09. The van der Waals surface area contributed by atoms with Gasteiger partial charge in [0.15, 0.2) is 11.9 Å². The van der Waals surface area contributed by atoms with Gasteiger partial charge in [-0.05, 0) is 49.6 Å². The van der Waals surface area contributed by atoms with Gasteiger partial charge in [0, 0.05) is 41.8 Å². The van der Waals surface area contributed by atoms with Crippen LogP contribution in [0.2, 0.25) is 5.02 Å². The highest BCUT2D eigenvalue weighted by Crippen LogP contribution is 2.56. The Labute approximate surface area is 217 Å². The fourth-order valence-electron chi connectivity index (χ4n) is 5.77. The molecule has 0 bridgehead atoms. The number of carbonyl (C=O) groups is 1. The van der Waals surface area contributed by atoms with Crippen molar-refractivity contribution in [2.45, 2.75) is 44.4 Å². The Bertz CT molecular complexity index is 1310. The number of ether oxygens (including phenoxy) is 1. The molecule has 12 heteroatoms. The fraction of sp³-hybridized carbons (Fsp3) is 0.480. The number of benzene rings is 1. The molecular formula is C25H26ClF2N7O2. The van der Waals surface area contributed by atoms with Crippen molar-refractivity contribution < 1.29 is 18.3 Å². The highest BCUT2D eigenvalue weighted by molar-refractivity contribution is 6.30. The SMILES string of the molecule is CC1c2nnc(C3CC4(C3)CN(c3ncccn3)C4)n2-c2ccc(Cl)cc2CN1C(=O)OC(CF)CF. The van der Waals surface area contributed by atoms with Gasteiger partial charge in [0.1, 0.15) is 19.2 Å². The second kappa shape index (κ2) is 9.20. The summed E-state index contributed by atoms with van der Waals surface area (Å²) in [6.07, 6.45) is 3.18. The number of amides is 1. The molecule has 0 radical (unpaired) electrons. The molecule has 1 aliphatic carbocycles. The monoisotopic (exact) mass is 529 g/mol. The lowest BCUT2D eigenvalue weighted by Gasteiger charge is -2.58. The van der Waals surface area contributed by atoms with E-state index in [-0.39, 0.29) is 17.9 Å². The minimum Gasteiger partial charge on any atom is -0.440 e. The van der Waals surface area contributed by atoms with Gasteiger partial charge in [0.05, 0.1) is 18.3 Å². The van der Waals surface area contributed by atoms with Gasteiger partial charge >= 0.3 is 6.09 Å². The molecule has 4 heterocycles. The van der Waals surface area contributed by atoms with Gasteiger partial charge in [0.25, 0.3) is 0 Å². The molecule has 37 heavy (non-hydrogen) atoms. The van der Waals surface area contributed by atoms with Crippen LogP contribution in [0.15, 0.2) is 36.7 Å². The molecule has 1 unspecified atom stereocenters. The van der Waals surface area contributed by atoms with Crippen molar-refractivity contribution in [3.8, 4) is 5.69 Å². The zero-order valence-corrected chi connectivity index (χ0v) is 21.0. The molecule has 9 nitrogen and oxygen atoms in total. The maximum atomic E-state index is 13.1. The van der Waals surface area contributed by atoms with Gasteiger partial charge in [-0.3, -0.25) is 9.47 Å². The maximum absolute atomic E-state index is 13.1. The number of carbonyl (C=O) groups excluding carboxylic acids is 1. The first-order valence-electron chi connectivity index (χ1n) is 12.3. The van der Waals surface area contributed by atoms with Crippen LogP contribution in [0, 0.1) is 5.41 Å². The zero-order valence-electron chi connectivity index (χ0n) is 20.2. The standard InChI is InChI=1S/C25H26ClF2N7O2/c1-15-21-31-32-22(17-8-25(9-17)13-33(14-25)23-29-5-2-6-30-23)35(21)20-4-3-18(26)7-16(20)12-34(15)24(36)37-19(10-27)11-28/h2-7,15,17,19H,8-14H2,1H3. The normalized spacial score (nSPS) is 20.2. The zero-order chi connectivity index (χ0) is 25.7. The highest BCUT2D eigenvalue weighted by Gasteiger charge is 2.55. The molecule has 1 aromatic carbocycles. The molecule has 2 aromatic heterocycles. The molecule has 3 aromatic rings. The van der Waals surface area contributed by atoms with Crippen molar-refractivity contribution in [2.75, 3.05) is 31.3 Å². The Balaban J connectivity index is 1.27. The predicted octanol–water partition coefficient (Wildman–Crippen LogP) is 4.42. The molecule has 2 fully saturated rings. The first kappa shape index (κ1) is 24.0. The van der Waals surface area contributed by atoms with Crippen LogP contribution >= 0.6 is 11.6 Å².